The van der Waals surface area contributed by atoms with E-state index in [2.05, 4.69) is 11.9 Å². The fourth-order valence-corrected chi connectivity index (χ4v) is 0.808. The van der Waals surface area contributed by atoms with Crippen LogP contribution in [0.4, 0.5) is 0 Å². The molecule has 0 spiro atoms. The highest BCUT2D eigenvalue weighted by atomic mass is 35.5. The van der Waals surface area contributed by atoms with Crippen LogP contribution in [-0.4, -0.2) is 44.0 Å². The SMILES string of the molecule is C=CC(=O)NC(C)(C)CCN.CN(C)C.Cl.Cl. The third-order valence-electron chi connectivity index (χ3n) is 1.42. The van der Waals surface area contributed by atoms with Gasteiger partial charge >= 0.3 is 0 Å². The molecule has 0 fully saturated rings. The number of hydrogen-bond donors (Lipinski definition) is 2. The second kappa shape index (κ2) is 13.8. The lowest BCUT2D eigenvalue weighted by atomic mass is 10.0. The van der Waals surface area contributed by atoms with Gasteiger partial charge in [0.1, 0.15) is 0 Å². The molecule has 0 aromatic rings. The molecule has 0 heterocycles. The number of carbonyl (C=O) groups is 1. The Bertz CT molecular complexity index is 194. The van der Waals surface area contributed by atoms with E-state index in [1.807, 2.05) is 39.9 Å². The molecule has 0 aromatic heterocycles. The standard InChI is InChI=1S/C8H16N2O.C3H9N.2ClH/c1-4-7(11)10-8(2,3)5-6-9;1-4(2)3;;/h4H,1,5-6,9H2,2-3H3,(H,10,11);1-3H3;2*1H. The maximum atomic E-state index is 10.8. The van der Waals surface area contributed by atoms with Crippen molar-refractivity contribution in [2.24, 2.45) is 5.73 Å². The summed E-state index contributed by atoms with van der Waals surface area (Å²) in [5.74, 6) is -0.150. The molecular weight excluding hydrogens is 261 g/mol. The first-order chi connectivity index (χ1) is 6.75. The highest BCUT2D eigenvalue weighted by Gasteiger charge is 2.17. The van der Waals surface area contributed by atoms with Crippen molar-refractivity contribution in [2.45, 2.75) is 25.8 Å². The molecule has 0 aliphatic heterocycles. The van der Waals surface area contributed by atoms with E-state index in [1.165, 1.54) is 6.08 Å². The number of rotatable bonds is 4. The fraction of sp³-hybridized carbons (Fsp3) is 0.727. The Morgan fingerprint density at radius 3 is 1.94 bits per heavy atom. The van der Waals surface area contributed by atoms with E-state index < -0.39 is 0 Å². The maximum Gasteiger partial charge on any atom is 0.243 e. The van der Waals surface area contributed by atoms with Crippen LogP contribution in [0.5, 0.6) is 0 Å². The molecular formula is C11H27Cl2N3O. The van der Waals surface area contributed by atoms with E-state index in [0.717, 1.165) is 6.42 Å². The first-order valence-corrected chi connectivity index (χ1v) is 5.00. The Morgan fingerprint density at radius 2 is 1.71 bits per heavy atom. The third-order valence-corrected chi connectivity index (χ3v) is 1.42. The molecule has 17 heavy (non-hydrogen) atoms. The van der Waals surface area contributed by atoms with Crippen LogP contribution in [0.15, 0.2) is 12.7 Å². The van der Waals surface area contributed by atoms with Crippen molar-refractivity contribution in [2.75, 3.05) is 27.7 Å². The predicted octanol–water partition coefficient (Wildman–Crippen LogP) is 1.44. The van der Waals surface area contributed by atoms with Gasteiger partial charge in [0, 0.05) is 5.54 Å². The van der Waals surface area contributed by atoms with Crippen LogP contribution in [0.3, 0.4) is 0 Å². The van der Waals surface area contributed by atoms with Gasteiger partial charge in [0.05, 0.1) is 0 Å². The Kier molecular flexibility index (Phi) is 20.7. The van der Waals surface area contributed by atoms with Crippen molar-refractivity contribution in [3.8, 4) is 0 Å². The van der Waals surface area contributed by atoms with Crippen LogP contribution in [0.25, 0.3) is 0 Å². The van der Waals surface area contributed by atoms with Crippen LogP contribution < -0.4 is 11.1 Å². The first kappa shape index (κ1) is 25.5. The largest absolute Gasteiger partial charge is 0.348 e. The number of carbonyl (C=O) groups excluding carboxylic acids is 1. The zero-order valence-electron chi connectivity index (χ0n) is 11.4. The lowest BCUT2D eigenvalue weighted by molar-refractivity contribution is -0.118. The summed E-state index contributed by atoms with van der Waals surface area (Å²) in [4.78, 5) is 12.8. The van der Waals surface area contributed by atoms with Gasteiger partial charge in [-0.15, -0.1) is 24.8 Å². The van der Waals surface area contributed by atoms with E-state index in [9.17, 15) is 4.79 Å². The molecule has 0 aromatic carbocycles. The lowest BCUT2D eigenvalue weighted by Gasteiger charge is -2.24. The van der Waals surface area contributed by atoms with Crippen molar-refractivity contribution in [1.82, 2.24) is 10.2 Å². The minimum atomic E-state index is -0.222. The summed E-state index contributed by atoms with van der Waals surface area (Å²) in [6.45, 7) is 7.80. The third kappa shape index (κ3) is 25.7. The van der Waals surface area contributed by atoms with Gasteiger partial charge in [-0.05, 0) is 54.0 Å². The average molecular weight is 288 g/mol. The maximum absolute atomic E-state index is 10.8. The molecule has 0 rings (SSSR count). The van der Waals surface area contributed by atoms with Gasteiger partial charge in [0.15, 0.2) is 0 Å². The summed E-state index contributed by atoms with van der Waals surface area (Å²) in [6.07, 6.45) is 2.03. The van der Waals surface area contributed by atoms with Gasteiger partial charge < -0.3 is 16.0 Å². The molecule has 0 saturated carbocycles. The summed E-state index contributed by atoms with van der Waals surface area (Å²) < 4.78 is 0. The second-order valence-corrected chi connectivity index (χ2v) is 4.46. The van der Waals surface area contributed by atoms with Crippen molar-refractivity contribution in [3.05, 3.63) is 12.7 Å². The van der Waals surface area contributed by atoms with Crippen LogP contribution in [-0.2, 0) is 4.79 Å². The molecule has 106 valence electrons. The van der Waals surface area contributed by atoms with E-state index in [1.54, 1.807) is 0 Å². The van der Waals surface area contributed by atoms with Crippen molar-refractivity contribution in [3.63, 3.8) is 0 Å². The summed E-state index contributed by atoms with van der Waals surface area (Å²) in [6, 6.07) is 0. The summed E-state index contributed by atoms with van der Waals surface area (Å²) in [5.41, 5.74) is 5.13. The number of nitrogens with two attached hydrogens (primary N) is 1. The second-order valence-electron chi connectivity index (χ2n) is 4.46. The molecule has 0 unspecified atom stereocenters. The van der Waals surface area contributed by atoms with Crippen molar-refractivity contribution >= 4 is 30.7 Å². The Morgan fingerprint density at radius 1 is 1.35 bits per heavy atom. The zero-order chi connectivity index (χ0) is 12.5. The Balaban J connectivity index is -0.000000123. The molecule has 1 amide bonds. The lowest BCUT2D eigenvalue weighted by Crippen LogP contribution is -2.43. The van der Waals surface area contributed by atoms with Crippen molar-refractivity contribution in [1.29, 1.82) is 0 Å². The van der Waals surface area contributed by atoms with Crippen LogP contribution >= 0.6 is 24.8 Å². The highest BCUT2D eigenvalue weighted by Crippen LogP contribution is 2.05. The smallest absolute Gasteiger partial charge is 0.243 e. The molecule has 0 atom stereocenters. The fourth-order valence-electron chi connectivity index (χ4n) is 0.808. The highest BCUT2D eigenvalue weighted by molar-refractivity contribution is 5.87. The molecule has 0 aliphatic carbocycles. The minimum absolute atomic E-state index is 0. The molecule has 0 aliphatic rings. The number of halogens is 2. The Hall–Kier alpha value is -0.290. The van der Waals surface area contributed by atoms with Crippen LogP contribution in [0.1, 0.15) is 20.3 Å². The monoisotopic (exact) mass is 287 g/mol. The topological polar surface area (TPSA) is 58.4 Å². The Labute approximate surface area is 118 Å². The minimum Gasteiger partial charge on any atom is -0.348 e. The number of hydrogen-bond acceptors (Lipinski definition) is 3. The van der Waals surface area contributed by atoms with E-state index in [-0.39, 0.29) is 36.3 Å². The van der Waals surface area contributed by atoms with Gasteiger partial charge in [-0.25, -0.2) is 0 Å². The van der Waals surface area contributed by atoms with Gasteiger partial charge in [-0.2, -0.15) is 0 Å². The number of nitrogens with zero attached hydrogens (tertiary/aromatic N) is 1. The zero-order valence-corrected chi connectivity index (χ0v) is 13.1. The van der Waals surface area contributed by atoms with E-state index >= 15 is 0 Å². The summed E-state index contributed by atoms with van der Waals surface area (Å²) in [5, 5.41) is 2.77. The van der Waals surface area contributed by atoms with Crippen LogP contribution in [0.2, 0.25) is 0 Å². The number of nitrogens with one attached hydrogen (secondary N) is 1. The molecule has 4 nitrogen and oxygen atoms in total. The molecule has 0 saturated heterocycles. The van der Waals surface area contributed by atoms with E-state index in [0.29, 0.717) is 6.54 Å². The number of amides is 1. The molecule has 3 N–H and O–H groups in total. The average Bonchev–Trinajstić information content (AvgIpc) is 2.01. The quantitative estimate of drug-likeness (QED) is 0.770. The molecule has 0 bridgehead atoms. The molecule has 0 radical (unpaired) electrons. The van der Waals surface area contributed by atoms with Gasteiger partial charge in [0.25, 0.3) is 0 Å². The van der Waals surface area contributed by atoms with Crippen molar-refractivity contribution < 1.29 is 4.79 Å². The van der Waals surface area contributed by atoms with Gasteiger partial charge in [-0.3, -0.25) is 4.79 Å². The van der Waals surface area contributed by atoms with Gasteiger partial charge in [-0.1, -0.05) is 6.58 Å². The summed E-state index contributed by atoms with van der Waals surface area (Å²) >= 11 is 0. The van der Waals surface area contributed by atoms with Gasteiger partial charge in [0.2, 0.25) is 5.91 Å². The van der Waals surface area contributed by atoms with E-state index in [4.69, 9.17) is 5.73 Å². The first-order valence-electron chi connectivity index (χ1n) is 5.00. The molecule has 6 heteroatoms. The predicted molar refractivity (Wildman–Crippen MR) is 80.2 cm³/mol. The van der Waals surface area contributed by atoms with Crippen LogP contribution in [0, 0.1) is 0 Å². The normalized spacial score (nSPS) is 9.12. The summed E-state index contributed by atoms with van der Waals surface area (Å²) in [7, 11) is 6.00.